The number of nitrogens with zero attached hydrogens (tertiary/aromatic N) is 3. The van der Waals surface area contributed by atoms with E-state index < -0.39 is 0 Å². The number of aryl methyl sites for hydroxylation is 2. The van der Waals surface area contributed by atoms with E-state index in [9.17, 15) is 0 Å². The Morgan fingerprint density at radius 1 is 1.17 bits per heavy atom. The molecule has 6 heteroatoms. The van der Waals surface area contributed by atoms with Crippen molar-refractivity contribution >= 4 is 34.2 Å². The van der Waals surface area contributed by atoms with Gasteiger partial charge in [-0.05, 0) is 38.5 Å². The van der Waals surface area contributed by atoms with Crippen molar-refractivity contribution in [1.29, 1.82) is 0 Å². The van der Waals surface area contributed by atoms with Gasteiger partial charge in [-0.1, -0.05) is 27.2 Å². The molecule has 1 fully saturated rings. The molecule has 1 unspecified atom stereocenters. The normalized spacial score (nSPS) is 17.5. The highest BCUT2D eigenvalue weighted by atomic mass is 79.9. The number of benzene rings is 1. The lowest BCUT2D eigenvalue weighted by molar-refractivity contribution is 0.242. The van der Waals surface area contributed by atoms with E-state index in [0.29, 0.717) is 0 Å². The number of halogens is 1. The fourth-order valence-electron chi connectivity index (χ4n) is 3.19. The van der Waals surface area contributed by atoms with Crippen molar-refractivity contribution in [1.82, 2.24) is 10.1 Å². The molecule has 0 N–H and O–H groups in total. The zero-order valence-electron chi connectivity index (χ0n) is 13.7. The number of hydrogen-bond donors (Lipinski definition) is 1. The fourth-order valence-corrected chi connectivity index (χ4v) is 4.14. The van der Waals surface area contributed by atoms with Gasteiger partial charge in [0, 0.05) is 41.9 Å². The van der Waals surface area contributed by atoms with Crippen LogP contribution in [0.1, 0.15) is 28.0 Å². The molecule has 0 saturated carbocycles. The highest BCUT2D eigenvalue weighted by molar-refractivity contribution is 9.10. The summed E-state index contributed by atoms with van der Waals surface area (Å²) in [7, 11) is 0. The second-order valence-corrected chi connectivity index (χ2v) is 7.36. The summed E-state index contributed by atoms with van der Waals surface area (Å²) in [6.07, 6.45) is 0. The minimum atomic E-state index is 0.0482. The van der Waals surface area contributed by atoms with E-state index in [4.69, 9.17) is 17.2 Å². The van der Waals surface area contributed by atoms with E-state index in [1.807, 2.05) is 13.8 Å². The second-order valence-electron chi connectivity index (χ2n) is 6.02. The highest BCUT2D eigenvalue weighted by Gasteiger charge is 2.27. The van der Waals surface area contributed by atoms with Gasteiger partial charge in [-0.2, -0.15) is 12.6 Å². The summed E-state index contributed by atoms with van der Waals surface area (Å²) in [5.41, 5.74) is 4.66. The number of thiol groups is 1. The number of rotatable bonds is 3. The molecule has 2 aromatic rings. The Kier molecular flexibility index (Phi) is 5.04. The number of anilines is 1. The molecular weight excluding hydrogens is 374 g/mol. The molecule has 2 heterocycles. The molecule has 0 radical (unpaired) electrons. The lowest BCUT2D eigenvalue weighted by atomic mass is 10.1. The first-order chi connectivity index (χ1) is 11.0. The van der Waals surface area contributed by atoms with Gasteiger partial charge in [-0.15, -0.1) is 0 Å². The van der Waals surface area contributed by atoms with Crippen LogP contribution in [0.2, 0.25) is 0 Å². The summed E-state index contributed by atoms with van der Waals surface area (Å²) < 4.78 is 6.45. The summed E-state index contributed by atoms with van der Waals surface area (Å²) in [5, 5.41) is 4.10. The maximum atomic E-state index is 5.29. The van der Waals surface area contributed by atoms with Gasteiger partial charge in [0.25, 0.3) is 0 Å². The summed E-state index contributed by atoms with van der Waals surface area (Å²) in [6.45, 7) is 10.1. The van der Waals surface area contributed by atoms with Crippen LogP contribution in [0.15, 0.2) is 27.2 Å². The third-order valence-corrected chi connectivity index (χ3v) is 6.03. The molecule has 0 bridgehead atoms. The van der Waals surface area contributed by atoms with Gasteiger partial charge in [-0.3, -0.25) is 4.90 Å². The van der Waals surface area contributed by atoms with Crippen molar-refractivity contribution in [2.75, 3.05) is 31.1 Å². The lowest BCUT2D eigenvalue weighted by Gasteiger charge is -2.39. The molecule has 4 nitrogen and oxygen atoms in total. The molecule has 23 heavy (non-hydrogen) atoms. The first-order valence-corrected chi connectivity index (χ1v) is 9.15. The van der Waals surface area contributed by atoms with Crippen molar-refractivity contribution in [3.05, 3.63) is 45.3 Å². The van der Waals surface area contributed by atoms with Crippen molar-refractivity contribution in [2.45, 2.75) is 26.1 Å². The molecule has 0 amide bonds. The highest BCUT2D eigenvalue weighted by Crippen LogP contribution is 2.32. The zero-order chi connectivity index (χ0) is 16.6. The Labute approximate surface area is 151 Å². The Morgan fingerprint density at radius 3 is 2.48 bits per heavy atom. The van der Waals surface area contributed by atoms with Gasteiger partial charge in [0.15, 0.2) is 0 Å². The molecule has 1 aromatic carbocycles. The molecule has 1 saturated heterocycles. The lowest BCUT2D eigenvalue weighted by Crippen LogP contribution is -2.47. The molecule has 0 aliphatic carbocycles. The average Bonchev–Trinajstić information content (AvgIpc) is 2.88. The summed E-state index contributed by atoms with van der Waals surface area (Å²) >= 11 is 8.44. The van der Waals surface area contributed by atoms with E-state index >= 15 is 0 Å². The third kappa shape index (κ3) is 3.30. The Bertz CT molecular complexity index is 676. The Balaban J connectivity index is 1.70. The smallest absolute Gasteiger partial charge is 0.139 e. The molecular formula is C17H22BrN3OS. The van der Waals surface area contributed by atoms with E-state index in [2.05, 4.69) is 56.0 Å². The molecule has 3 rings (SSSR count). The predicted molar refractivity (Wildman–Crippen MR) is 100 cm³/mol. The first-order valence-electron chi connectivity index (χ1n) is 7.84. The number of hydrogen-bond acceptors (Lipinski definition) is 5. The standard InChI is InChI=1S/C17H22BrN3OS/c1-11-14(18)5-4-6-15(11)20-7-9-21(10-8-20)17(23)16-12(2)19-22-13(16)3/h4-6,17,23H,7-10H2,1-3H3. The summed E-state index contributed by atoms with van der Waals surface area (Å²) in [4.78, 5) is 4.84. The van der Waals surface area contributed by atoms with Crippen LogP contribution in [-0.2, 0) is 0 Å². The summed E-state index contributed by atoms with van der Waals surface area (Å²) in [5.74, 6) is 0.868. The van der Waals surface area contributed by atoms with Crippen molar-refractivity contribution in [3.63, 3.8) is 0 Å². The molecule has 1 atom stereocenters. The van der Waals surface area contributed by atoms with Crippen molar-refractivity contribution in [3.8, 4) is 0 Å². The third-order valence-electron chi connectivity index (χ3n) is 4.59. The number of piperazine rings is 1. The van der Waals surface area contributed by atoms with Crippen molar-refractivity contribution in [2.24, 2.45) is 0 Å². The van der Waals surface area contributed by atoms with Gasteiger partial charge in [0.05, 0.1) is 11.1 Å². The minimum Gasteiger partial charge on any atom is -0.369 e. The first kappa shape index (κ1) is 16.9. The molecule has 1 aromatic heterocycles. The van der Waals surface area contributed by atoms with Crippen LogP contribution in [-0.4, -0.2) is 36.2 Å². The molecule has 124 valence electrons. The van der Waals surface area contributed by atoms with Crippen LogP contribution in [0.4, 0.5) is 5.69 Å². The van der Waals surface area contributed by atoms with E-state index in [1.54, 1.807) is 0 Å². The topological polar surface area (TPSA) is 32.5 Å². The van der Waals surface area contributed by atoms with Crippen LogP contribution in [0.5, 0.6) is 0 Å². The van der Waals surface area contributed by atoms with Crippen LogP contribution >= 0.6 is 28.6 Å². The quantitative estimate of drug-likeness (QED) is 0.792. The Hall–Kier alpha value is -0.980. The predicted octanol–water partition coefficient (Wildman–Crippen LogP) is 4.11. The van der Waals surface area contributed by atoms with Gasteiger partial charge in [0.1, 0.15) is 5.76 Å². The molecule has 1 aliphatic rings. The summed E-state index contributed by atoms with van der Waals surface area (Å²) in [6, 6.07) is 6.39. The van der Waals surface area contributed by atoms with Gasteiger partial charge < -0.3 is 9.42 Å². The van der Waals surface area contributed by atoms with Crippen LogP contribution in [0.3, 0.4) is 0 Å². The van der Waals surface area contributed by atoms with Gasteiger partial charge in [-0.25, -0.2) is 0 Å². The zero-order valence-corrected chi connectivity index (χ0v) is 16.2. The average molecular weight is 396 g/mol. The van der Waals surface area contributed by atoms with Crippen molar-refractivity contribution < 1.29 is 4.52 Å². The van der Waals surface area contributed by atoms with E-state index in [-0.39, 0.29) is 5.37 Å². The fraction of sp³-hybridized carbons (Fsp3) is 0.471. The maximum absolute atomic E-state index is 5.29. The molecule has 0 spiro atoms. The second kappa shape index (κ2) is 6.87. The monoisotopic (exact) mass is 395 g/mol. The van der Waals surface area contributed by atoms with Crippen LogP contribution in [0.25, 0.3) is 0 Å². The van der Waals surface area contributed by atoms with E-state index in [1.165, 1.54) is 15.7 Å². The largest absolute Gasteiger partial charge is 0.369 e. The minimum absolute atomic E-state index is 0.0482. The molecule has 1 aliphatic heterocycles. The van der Waals surface area contributed by atoms with Gasteiger partial charge in [0.2, 0.25) is 0 Å². The maximum Gasteiger partial charge on any atom is 0.139 e. The van der Waals surface area contributed by atoms with E-state index in [0.717, 1.165) is 43.2 Å². The van der Waals surface area contributed by atoms with Crippen LogP contribution in [0, 0.1) is 20.8 Å². The van der Waals surface area contributed by atoms with Crippen LogP contribution < -0.4 is 4.90 Å². The van der Waals surface area contributed by atoms with Gasteiger partial charge >= 0.3 is 0 Å². The SMILES string of the molecule is Cc1noc(C)c1C(S)N1CCN(c2cccc(Br)c2C)CC1. The Morgan fingerprint density at radius 2 is 1.87 bits per heavy atom. The number of aromatic nitrogens is 1.